The molecule has 0 bridgehead atoms. The maximum atomic E-state index is 6.21. The van der Waals surface area contributed by atoms with Crippen molar-refractivity contribution in [3.8, 4) is 0 Å². The van der Waals surface area contributed by atoms with Crippen molar-refractivity contribution in [1.82, 2.24) is 4.90 Å². The molecule has 0 spiro atoms. The molecule has 0 saturated heterocycles. The highest BCUT2D eigenvalue weighted by atomic mass is 35.5. The van der Waals surface area contributed by atoms with Gasteiger partial charge in [-0.1, -0.05) is 36.0 Å². The lowest BCUT2D eigenvalue weighted by Crippen LogP contribution is -2.23. The van der Waals surface area contributed by atoms with Crippen LogP contribution in [-0.2, 0) is 11.3 Å². The second-order valence-corrected chi connectivity index (χ2v) is 4.95. The summed E-state index contributed by atoms with van der Waals surface area (Å²) in [5, 5.41) is 0.698. The van der Waals surface area contributed by atoms with E-state index in [2.05, 4.69) is 4.90 Å². The highest BCUT2D eigenvalue weighted by molar-refractivity contribution is 7.80. The van der Waals surface area contributed by atoms with Gasteiger partial charge < -0.3 is 10.5 Å². The SMILES string of the molecule is CCOCCN(C)Cc1ccc(C(N)=S)cc1Cl. The second kappa shape index (κ2) is 7.69. The van der Waals surface area contributed by atoms with Crippen molar-refractivity contribution < 1.29 is 4.74 Å². The van der Waals surface area contributed by atoms with E-state index in [1.807, 2.05) is 32.2 Å². The van der Waals surface area contributed by atoms with Crippen LogP contribution in [0.3, 0.4) is 0 Å². The van der Waals surface area contributed by atoms with Crippen LogP contribution in [0.4, 0.5) is 0 Å². The molecule has 0 aliphatic carbocycles. The predicted molar refractivity (Wildman–Crippen MR) is 80.2 cm³/mol. The normalized spacial score (nSPS) is 10.9. The summed E-state index contributed by atoms with van der Waals surface area (Å²) in [4.78, 5) is 2.53. The molecule has 2 N–H and O–H groups in total. The molecule has 0 heterocycles. The minimum atomic E-state index is 0.369. The van der Waals surface area contributed by atoms with Crippen molar-refractivity contribution >= 4 is 28.8 Å². The van der Waals surface area contributed by atoms with Crippen LogP contribution in [0.15, 0.2) is 18.2 Å². The van der Waals surface area contributed by atoms with Crippen molar-refractivity contribution in [2.24, 2.45) is 5.73 Å². The van der Waals surface area contributed by atoms with E-state index < -0.39 is 0 Å². The van der Waals surface area contributed by atoms with Gasteiger partial charge in [-0.2, -0.15) is 0 Å². The van der Waals surface area contributed by atoms with E-state index in [9.17, 15) is 0 Å². The Hall–Kier alpha value is -0.680. The average molecular weight is 287 g/mol. The maximum Gasteiger partial charge on any atom is 0.104 e. The Labute approximate surface area is 119 Å². The first-order valence-corrected chi connectivity index (χ1v) is 6.67. The number of rotatable bonds is 7. The molecule has 0 fully saturated rings. The number of nitrogens with zero attached hydrogens (tertiary/aromatic N) is 1. The van der Waals surface area contributed by atoms with Gasteiger partial charge in [0.1, 0.15) is 4.99 Å². The summed E-state index contributed by atoms with van der Waals surface area (Å²) in [6.45, 7) is 5.13. The van der Waals surface area contributed by atoms with Crippen LogP contribution >= 0.6 is 23.8 Å². The summed E-state index contributed by atoms with van der Waals surface area (Å²) in [7, 11) is 2.04. The number of thiocarbonyl (C=S) groups is 1. The highest BCUT2D eigenvalue weighted by Gasteiger charge is 2.06. The highest BCUT2D eigenvalue weighted by Crippen LogP contribution is 2.19. The molecule has 0 aliphatic rings. The third kappa shape index (κ3) is 4.90. The molecule has 1 aromatic rings. The Bertz CT molecular complexity index is 412. The number of hydrogen-bond donors (Lipinski definition) is 1. The van der Waals surface area contributed by atoms with E-state index in [-0.39, 0.29) is 0 Å². The number of hydrogen-bond acceptors (Lipinski definition) is 3. The third-order valence-electron chi connectivity index (χ3n) is 2.60. The van der Waals surface area contributed by atoms with E-state index in [1.54, 1.807) is 0 Å². The first-order valence-electron chi connectivity index (χ1n) is 5.89. The molecule has 0 atom stereocenters. The standard InChI is InChI=1S/C13H19ClN2OS/c1-3-17-7-6-16(2)9-11-5-4-10(13(15)18)8-12(11)14/h4-5,8H,3,6-7,9H2,1-2H3,(H2,15,18). The zero-order chi connectivity index (χ0) is 13.5. The Kier molecular flexibility index (Phi) is 6.57. The molecule has 1 rings (SSSR count). The topological polar surface area (TPSA) is 38.5 Å². The number of halogens is 1. The van der Waals surface area contributed by atoms with Gasteiger partial charge in [-0.15, -0.1) is 0 Å². The second-order valence-electron chi connectivity index (χ2n) is 4.11. The molecule has 18 heavy (non-hydrogen) atoms. The molecule has 0 unspecified atom stereocenters. The smallest absolute Gasteiger partial charge is 0.104 e. The van der Waals surface area contributed by atoms with E-state index in [0.717, 1.165) is 37.4 Å². The van der Waals surface area contributed by atoms with Crippen LogP contribution < -0.4 is 5.73 Å². The summed E-state index contributed by atoms with van der Waals surface area (Å²) in [5.74, 6) is 0. The van der Waals surface area contributed by atoms with Gasteiger partial charge in [-0.25, -0.2) is 0 Å². The number of likely N-dealkylation sites (N-methyl/N-ethyl adjacent to an activating group) is 1. The largest absolute Gasteiger partial charge is 0.389 e. The van der Waals surface area contributed by atoms with Crippen molar-refractivity contribution in [2.75, 3.05) is 26.8 Å². The molecule has 0 amide bonds. The van der Waals surface area contributed by atoms with Crippen LogP contribution in [0.25, 0.3) is 0 Å². The molecular formula is C13H19ClN2OS. The van der Waals surface area contributed by atoms with Gasteiger partial charge in [0.15, 0.2) is 0 Å². The summed E-state index contributed by atoms with van der Waals surface area (Å²) < 4.78 is 5.31. The Balaban J connectivity index is 2.59. The van der Waals surface area contributed by atoms with Crippen LogP contribution in [0.5, 0.6) is 0 Å². The summed E-state index contributed by atoms with van der Waals surface area (Å²) in [6, 6.07) is 5.68. The number of ether oxygens (including phenoxy) is 1. The molecule has 0 saturated carbocycles. The van der Waals surface area contributed by atoms with Crippen LogP contribution in [-0.4, -0.2) is 36.7 Å². The molecule has 100 valence electrons. The number of nitrogens with two attached hydrogens (primary N) is 1. The molecule has 1 aromatic carbocycles. The zero-order valence-electron chi connectivity index (χ0n) is 10.8. The first kappa shape index (κ1) is 15.4. The fourth-order valence-electron chi connectivity index (χ4n) is 1.56. The van der Waals surface area contributed by atoms with Gasteiger partial charge >= 0.3 is 0 Å². The van der Waals surface area contributed by atoms with Crippen molar-refractivity contribution in [1.29, 1.82) is 0 Å². The van der Waals surface area contributed by atoms with Gasteiger partial charge in [0.2, 0.25) is 0 Å². The van der Waals surface area contributed by atoms with Gasteiger partial charge in [-0.3, -0.25) is 4.90 Å². The Morgan fingerprint density at radius 2 is 2.22 bits per heavy atom. The zero-order valence-corrected chi connectivity index (χ0v) is 12.4. The van der Waals surface area contributed by atoms with Gasteiger partial charge in [0.05, 0.1) is 6.61 Å². The summed E-state index contributed by atoms with van der Waals surface area (Å²) in [6.07, 6.45) is 0. The Morgan fingerprint density at radius 3 is 2.78 bits per heavy atom. The fourth-order valence-corrected chi connectivity index (χ4v) is 1.93. The number of benzene rings is 1. The van der Waals surface area contributed by atoms with Crippen LogP contribution in [0.2, 0.25) is 5.02 Å². The first-order chi connectivity index (χ1) is 8.54. The molecule has 3 nitrogen and oxygen atoms in total. The fraction of sp³-hybridized carbons (Fsp3) is 0.462. The van der Waals surface area contributed by atoms with E-state index >= 15 is 0 Å². The lowest BCUT2D eigenvalue weighted by Gasteiger charge is -2.17. The van der Waals surface area contributed by atoms with E-state index in [1.165, 1.54) is 0 Å². The molecule has 5 heteroatoms. The third-order valence-corrected chi connectivity index (χ3v) is 3.19. The van der Waals surface area contributed by atoms with Gasteiger partial charge in [0.25, 0.3) is 0 Å². The minimum absolute atomic E-state index is 0.369. The Morgan fingerprint density at radius 1 is 1.50 bits per heavy atom. The average Bonchev–Trinajstić information content (AvgIpc) is 2.32. The van der Waals surface area contributed by atoms with Crippen LogP contribution in [0.1, 0.15) is 18.1 Å². The van der Waals surface area contributed by atoms with E-state index in [0.29, 0.717) is 10.0 Å². The lowest BCUT2D eigenvalue weighted by molar-refractivity contribution is 0.120. The summed E-state index contributed by atoms with van der Waals surface area (Å²) >= 11 is 11.1. The van der Waals surface area contributed by atoms with Crippen molar-refractivity contribution in [3.05, 3.63) is 34.3 Å². The molecular weight excluding hydrogens is 268 g/mol. The minimum Gasteiger partial charge on any atom is -0.389 e. The lowest BCUT2D eigenvalue weighted by atomic mass is 10.1. The monoisotopic (exact) mass is 286 g/mol. The quantitative estimate of drug-likeness (QED) is 0.617. The van der Waals surface area contributed by atoms with Crippen molar-refractivity contribution in [3.63, 3.8) is 0 Å². The van der Waals surface area contributed by atoms with Gasteiger partial charge in [0, 0.05) is 30.3 Å². The molecule has 0 aromatic heterocycles. The molecule has 0 radical (unpaired) electrons. The van der Waals surface area contributed by atoms with Crippen LogP contribution in [0, 0.1) is 0 Å². The predicted octanol–water partition coefficient (Wildman–Crippen LogP) is 2.44. The molecule has 0 aliphatic heterocycles. The maximum absolute atomic E-state index is 6.21. The van der Waals surface area contributed by atoms with Gasteiger partial charge in [-0.05, 0) is 25.6 Å². The summed E-state index contributed by atoms with van der Waals surface area (Å²) in [5.41, 5.74) is 7.43. The van der Waals surface area contributed by atoms with Crippen molar-refractivity contribution in [2.45, 2.75) is 13.5 Å². The van der Waals surface area contributed by atoms with E-state index in [4.69, 9.17) is 34.3 Å².